The first-order valence-corrected chi connectivity index (χ1v) is 6.41. The summed E-state index contributed by atoms with van der Waals surface area (Å²) in [4.78, 5) is 2.36. The lowest BCUT2D eigenvalue weighted by molar-refractivity contribution is 0.831. The molecule has 0 radical (unpaired) electrons. The van der Waals surface area contributed by atoms with E-state index in [9.17, 15) is 0 Å². The van der Waals surface area contributed by atoms with Crippen LogP contribution >= 0.6 is 0 Å². The molecule has 0 bridgehead atoms. The number of nitrogens with two attached hydrogens (primary N) is 1. The van der Waals surface area contributed by atoms with E-state index in [-0.39, 0.29) is 0 Å². The Morgan fingerprint density at radius 3 is 2.11 bits per heavy atom. The number of hydrogen-bond acceptors (Lipinski definition) is 2. The highest BCUT2D eigenvalue weighted by Gasteiger charge is 2.04. The number of rotatable bonds is 5. The van der Waals surface area contributed by atoms with Gasteiger partial charge in [0, 0.05) is 25.3 Å². The average molecular weight is 240 g/mol. The van der Waals surface area contributed by atoms with Gasteiger partial charge >= 0.3 is 0 Å². The standard InChI is InChI=1S/C16H20N2/c1-2-18(13-15-6-4-3-5-7-15)16-10-8-14(12-17)9-11-16/h3-11H,2,12-13,17H2,1H3. The highest BCUT2D eigenvalue weighted by atomic mass is 15.1. The van der Waals surface area contributed by atoms with Gasteiger partial charge in [0.25, 0.3) is 0 Å². The minimum atomic E-state index is 0.602. The molecule has 2 aromatic carbocycles. The monoisotopic (exact) mass is 240 g/mol. The number of anilines is 1. The summed E-state index contributed by atoms with van der Waals surface area (Å²) in [5.41, 5.74) is 9.38. The van der Waals surface area contributed by atoms with Crippen molar-refractivity contribution >= 4 is 5.69 Å². The maximum atomic E-state index is 5.62. The molecule has 2 rings (SSSR count). The first-order valence-electron chi connectivity index (χ1n) is 6.41. The Kier molecular flexibility index (Phi) is 4.37. The van der Waals surface area contributed by atoms with Crippen molar-refractivity contribution in [1.29, 1.82) is 0 Å². The van der Waals surface area contributed by atoms with Gasteiger partial charge in [-0.3, -0.25) is 0 Å². The predicted octanol–water partition coefficient (Wildman–Crippen LogP) is 3.17. The molecule has 0 saturated heterocycles. The predicted molar refractivity (Wildman–Crippen MR) is 77.5 cm³/mol. The molecule has 0 aliphatic heterocycles. The Morgan fingerprint density at radius 2 is 1.56 bits per heavy atom. The summed E-state index contributed by atoms with van der Waals surface area (Å²) < 4.78 is 0. The molecule has 94 valence electrons. The Morgan fingerprint density at radius 1 is 0.889 bits per heavy atom. The van der Waals surface area contributed by atoms with E-state index in [1.54, 1.807) is 0 Å². The minimum Gasteiger partial charge on any atom is -0.367 e. The van der Waals surface area contributed by atoms with Crippen molar-refractivity contribution in [2.24, 2.45) is 5.73 Å². The lowest BCUT2D eigenvalue weighted by Crippen LogP contribution is -2.21. The second-order valence-electron chi connectivity index (χ2n) is 4.37. The van der Waals surface area contributed by atoms with Gasteiger partial charge in [0.1, 0.15) is 0 Å². The summed E-state index contributed by atoms with van der Waals surface area (Å²) in [5, 5.41) is 0. The summed E-state index contributed by atoms with van der Waals surface area (Å²) in [7, 11) is 0. The molecule has 0 spiro atoms. The lowest BCUT2D eigenvalue weighted by atomic mass is 10.1. The van der Waals surface area contributed by atoms with Crippen LogP contribution in [0.25, 0.3) is 0 Å². The highest BCUT2D eigenvalue weighted by molar-refractivity contribution is 5.48. The van der Waals surface area contributed by atoms with Crippen molar-refractivity contribution < 1.29 is 0 Å². The minimum absolute atomic E-state index is 0.602. The molecule has 2 heteroatoms. The highest BCUT2D eigenvalue weighted by Crippen LogP contribution is 2.17. The summed E-state index contributed by atoms with van der Waals surface area (Å²) >= 11 is 0. The van der Waals surface area contributed by atoms with Crippen molar-refractivity contribution in [1.82, 2.24) is 0 Å². The molecule has 0 aliphatic rings. The fourth-order valence-electron chi connectivity index (χ4n) is 2.03. The van der Waals surface area contributed by atoms with Gasteiger partial charge in [0.15, 0.2) is 0 Å². The number of benzene rings is 2. The Bertz CT molecular complexity index is 462. The molecule has 0 unspecified atom stereocenters. The van der Waals surface area contributed by atoms with Crippen LogP contribution in [0.15, 0.2) is 54.6 Å². The van der Waals surface area contributed by atoms with E-state index in [1.807, 2.05) is 0 Å². The Balaban J connectivity index is 2.12. The van der Waals surface area contributed by atoms with Crippen LogP contribution in [0.2, 0.25) is 0 Å². The van der Waals surface area contributed by atoms with E-state index in [0.717, 1.165) is 13.1 Å². The molecule has 0 fully saturated rings. The van der Waals surface area contributed by atoms with Gasteiger partial charge in [-0.05, 0) is 30.2 Å². The number of hydrogen-bond donors (Lipinski definition) is 1. The fourth-order valence-corrected chi connectivity index (χ4v) is 2.03. The largest absolute Gasteiger partial charge is 0.367 e. The maximum absolute atomic E-state index is 5.62. The van der Waals surface area contributed by atoms with Crippen LogP contribution in [0.4, 0.5) is 5.69 Å². The van der Waals surface area contributed by atoms with E-state index in [4.69, 9.17) is 5.73 Å². The first kappa shape index (κ1) is 12.7. The molecule has 18 heavy (non-hydrogen) atoms. The number of nitrogens with zero attached hydrogens (tertiary/aromatic N) is 1. The average Bonchev–Trinajstić information content (AvgIpc) is 2.46. The van der Waals surface area contributed by atoms with Crippen LogP contribution in [0, 0.1) is 0 Å². The van der Waals surface area contributed by atoms with Gasteiger partial charge in [-0.25, -0.2) is 0 Å². The van der Waals surface area contributed by atoms with Crippen LogP contribution in [-0.2, 0) is 13.1 Å². The Labute approximate surface area is 109 Å². The third-order valence-electron chi connectivity index (χ3n) is 3.14. The molecule has 0 heterocycles. The molecule has 2 N–H and O–H groups in total. The quantitative estimate of drug-likeness (QED) is 0.869. The molecule has 0 amide bonds. The van der Waals surface area contributed by atoms with Crippen molar-refractivity contribution in [2.75, 3.05) is 11.4 Å². The van der Waals surface area contributed by atoms with Gasteiger partial charge < -0.3 is 10.6 Å². The van der Waals surface area contributed by atoms with Crippen LogP contribution in [0.1, 0.15) is 18.1 Å². The summed E-state index contributed by atoms with van der Waals surface area (Å²) in [6.45, 7) is 4.72. The van der Waals surface area contributed by atoms with Crippen LogP contribution < -0.4 is 10.6 Å². The first-order chi connectivity index (χ1) is 8.83. The third-order valence-corrected chi connectivity index (χ3v) is 3.14. The zero-order chi connectivity index (χ0) is 12.8. The van der Waals surface area contributed by atoms with Gasteiger partial charge in [-0.2, -0.15) is 0 Å². The Hall–Kier alpha value is -1.80. The maximum Gasteiger partial charge on any atom is 0.0429 e. The molecule has 0 atom stereocenters. The van der Waals surface area contributed by atoms with Crippen LogP contribution in [0.5, 0.6) is 0 Å². The molecular formula is C16H20N2. The summed E-state index contributed by atoms with van der Waals surface area (Å²) in [5.74, 6) is 0. The lowest BCUT2D eigenvalue weighted by Gasteiger charge is -2.23. The summed E-state index contributed by atoms with van der Waals surface area (Å²) in [6, 6.07) is 19.0. The van der Waals surface area contributed by atoms with Crippen LogP contribution in [-0.4, -0.2) is 6.54 Å². The topological polar surface area (TPSA) is 29.3 Å². The van der Waals surface area contributed by atoms with E-state index in [0.29, 0.717) is 6.54 Å². The molecular weight excluding hydrogens is 220 g/mol. The molecule has 0 aliphatic carbocycles. The van der Waals surface area contributed by atoms with Crippen molar-refractivity contribution in [3.63, 3.8) is 0 Å². The fraction of sp³-hybridized carbons (Fsp3) is 0.250. The third kappa shape index (κ3) is 3.11. The van der Waals surface area contributed by atoms with Crippen molar-refractivity contribution in [3.05, 3.63) is 65.7 Å². The van der Waals surface area contributed by atoms with Crippen LogP contribution in [0.3, 0.4) is 0 Å². The van der Waals surface area contributed by atoms with Gasteiger partial charge in [0.05, 0.1) is 0 Å². The zero-order valence-electron chi connectivity index (χ0n) is 10.8. The van der Waals surface area contributed by atoms with Gasteiger partial charge in [-0.1, -0.05) is 42.5 Å². The van der Waals surface area contributed by atoms with Crippen molar-refractivity contribution in [3.8, 4) is 0 Å². The van der Waals surface area contributed by atoms with Crippen molar-refractivity contribution in [2.45, 2.75) is 20.0 Å². The second kappa shape index (κ2) is 6.22. The van der Waals surface area contributed by atoms with E-state index in [2.05, 4.69) is 66.4 Å². The molecule has 2 aromatic rings. The van der Waals surface area contributed by atoms with Gasteiger partial charge in [-0.15, -0.1) is 0 Å². The SMILES string of the molecule is CCN(Cc1ccccc1)c1ccc(CN)cc1. The molecule has 0 aromatic heterocycles. The van der Waals surface area contributed by atoms with Gasteiger partial charge in [0.2, 0.25) is 0 Å². The summed E-state index contributed by atoms with van der Waals surface area (Å²) in [6.07, 6.45) is 0. The molecule has 2 nitrogen and oxygen atoms in total. The van der Waals surface area contributed by atoms with E-state index in [1.165, 1.54) is 16.8 Å². The van der Waals surface area contributed by atoms with E-state index < -0.39 is 0 Å². The second-order valence-corrected chi connectivity index (χ2v) is 4.37. The molecule has 0 saturated carbocycles. The normalized spacial score (nSPS) is 10.3. The van der Waals surface area contributed by atoms with E-state index >= 15 is 0 Å². The smallest absolute Gasteiger partial charge is 0.0429 e. The zero-order valence-corrected chi connectivity index (χ0v) is 10.8.